The molecule has 0 aromatic heterocycles. The van der Waals surface area contributed by atoms with Gasteiger partial charge >= 0.3 is 121 Å². The maximum absolute atomic E-state index is 8.88. The second-order valence-electron chi connectivity index (χ2n) is 1.41. The van der Waals surface area contributed by atoms with Crippen LogP contribution in [0.3, 0.4) is 0 Å². The van der Waals surface area contributed by atoms with E-state index >= 15 is 0 Å². The Morgan fingerprint density at radius 1 is 0.579 bits per heavy atom. The monoisotopic (exact) mass is 442 g/mol. The van der Waals surface area contributed by atoms with Crippen LogP contribution in [0.5, 0.6) is 0 Å². The van der Waals surface area contributed by atoms with Gasteiger partial charge in [0.1, 0.15) is 0 Å². The van der Waals surface area contributed by atoms with Gasteiger partial charge in [-0.2, -0.15) is 25.5 Å². The Labute approximate surface area is 200 Å². The van der Waals surface area contributed by atoms with Crippen LogP contribution >= 0.6 is 33.4 Å². The van der Waals surface area contributed by atoms with Gasteiger partial charge in [-0.1, -0.05) is 0 Å². The molecule has 0 aromatic rings. The Morgan fingerprint density at radius 2 is 0.579 bits per heavy atom. The average Bonchev–Trinajstić information content (AvgIpc) is 1.41. The summed E-state index contributed by atoms with van der Waals surface area (Å²) in [5, 5.41) is 0. The first kappa shape index (κ1) is 43.7. The molecule has 0 spiro atoms. The van der Waals surface area contributed by atoms with Crippen molar-refractivity contribution >= 4 is 147 Å². The molecule has 0 aliphatic carbocycles. The summed E-state index contributed by atoms with van der Waals surface area (Å²) < 4.78 is 26.0. The standard InChI is InChI=1S/3Ca.3H3O4P.H3P/c;;;3*1-5(2,3)4;/h;;;3*(H3,1,2,3,4);1H3/q3*+2;;;;/p-6. The quantitative estimate of drug-likeness (QED) is 0.234. The van der Waals surface area contributed by atoms with Crippen molar-refractivity contribution < 1.29 is 57.7 Å². The summed E-state index contributed by atoms with van der Waals surface area (Å²) >= 11 is 0. The Hall–Kier alpha value is 4.54. The second-order valence-corrected chi connectivity index (χ2v) is 4.22. The third-order valence-electron chi connectivity index (χ3n) is 0. The van der Waals surface area contributed by atoms with E-state index in [1.807, 2.05) is 0 Å². The van der Waals surface area contributed by atoms with Crippen molar-refractivity contribution in [3.63, 3.8) is 0 Å². The van der Waals surface area contributed by atoms with Crippen LogP contribution in [-0.2, 0) is 13.7 Å². The smallest absolute Gasteiger partial charge is 0.822 e. The molecule has 1 atom stereocenters. The molecule has 0 aromatic carbocycles. The van der Waals surface area contributed by atoms with Gasteiger partial charge < -0.3 is 53.2 Å². The number of hydrogen-bond acceptors (Lipinski definition) is 9. The van der Waals surface area contributed by atoms with Gasteiger partial charge in [0, 0.05) is 0 Å². The van der Waals surface area contributed by atoms with Crippen molar-refractivity contribution in [2.24, 2.45) is 0 Å². The molecule has 0 aliphatic rings. The van der Waals surface area contributed by atoms with Gasteiger partial charge in [-0.3, -0.25) is 0 Å². The van der Waals surface area contributed by atoms with Crippen LogP contribution in [0.1, 0.15) is 0 Å². The van der Waals surface area contributed by atoms with Crippen LogP contribution < -0.4 is 29.4 Å². The molecule has 0 bridgehead atoms. The molecule has 0 heterocycles. The summed E-state index contributed by atoms with van der Waals surface area (Å²) in [6.07, 6.45) is 0. The summed E-state index contributed by atoms with van der Waals surface area (Å²) in [4.78, 5) is 72.9. The van der Waals surface area contributed by atoms with E-state index in [1.54, 1.807) is 0 Å². The predicted molar refractivity (Wildman–Crippen MR) is 57.8 cm³/mol. The van der Waals surface area contributed by atoms with Gasteiger partial charge in [-0.05, 0) is 0 Å². The van der Waals surface area contributed by atoms with Crippen molar-refractivity contribution in [3.8, 4) is 0 Å². The number of hydrogen-bond donors (Lipinski definition) is 3. The molecule has 104 valence electrons. The third kappa shape index (κ3) is 461. The first-order valence-electron chi connectivity index (χ1n) is 2.24. The van der Waals surface area contributed by atoms with Crippen molar-refractivity contribution in [2.75, 3.05) is 0 Å². The molecule has 0 amide bonds. The molecule has 19 heteroatoms. The molecule has 0 rings (SSSR count). The fourth-order valence-corrected chi connectivity index (χ4v) is 0. The summed E-state index contributed by atoms with van der Waals surface area (Å²) in [7, 11) is -15.4. The van der Waals surface area contributed by atoms with E-state index in [0.29, 0.717) is 0 Å². The molecule has 0 saturated carbocycles. The molecule has 0 fully saturated rings. The van der Waals surface area contributed by atoms with E-state index in [-0.39, 0.29) is 123 Å². The fraction of sp³-hybridized carbons (Fsp3) is 0. The SMILES string of the molecule is O=P(O)(O)O.O=P([O-])([O-])[O-].O=P([O-])([O-])[O-].P.[Ca+2].[Ca+2].[Ca+2]. The summed E-state index contributed by atoms with van der Waals surface area (Å²) in [5.74, 6) is 0. The van der Waals surface area contributed by atoms with E-state index in [2.05, 4.69) is 0 Å². The van der Waals surface area contributed by atoms with Crippen molar-refractivity contribution in [2.45, 2.75) is 0 Å². The Bertz CT molecular complexity index is 211. The minimum atomic E-state index is -5.39. The Balaban J connectivity index is -0.0000000206. The predicted octanol–water partition coefficient (Wildman–Crippen LogP) is -7.66. The maximum atomic E-state index is 8.88. The average molecular weight is 442 g/mol. The second kappa shape index (κ2) is 20.6. The van der Waals surface area contributed by atoms with Crippen LogP contribution in [0.4, 0.5) is 0 Å². The molecule has 3 N–H and O–H groups in total. The first-order valence-corrected chi connectivity index (χ1v) is 6.73. The van der Waals surface area contributed by atoms with Crippen LogP contribution in [0.25, 0.3) is 0 Å². The van der Waals surface area contributed by atoms with Gasteiger partial charge in [0.2, 0.25) is 0 Å². The molecule has 0 radical (unpaired) electrons. The largest absolute Gasteiger partial charge is 2.00 e. The minimum Gasteiger partial charge on any atom is -0.822 e. The zero-order valence-electron chi connectivity index (χ0n) is 9.19. The first-order chi connectivity index (χ1) is 6.00. The topological polar surface area (TPSA) is 250 Å². The van der Waals surface area contributed by atoms with Crippen molar-refractivity contribution in [3.05, 3.63) is 0 Å². The van der Waals surface area contributed by atoms with E-state index < -0.39 is 23.5 Å². The Kier molecular flexibility index (Phi) is 47.4. The van der Waals surface area contributed by atoms with Crippen molar-refractivity contribution in [1.82, 2.24) is 0 Å². The van der Waals surface area contributed by atoms with E-state index in [1.165, 1.54) is 0 Å². The summed E-state index contributed by atoms with van der Waals surface area (Å²) in [6.45, 7) is 0. The van der Waals surface area contributed by atoms with E-state index in [4.69, 9.17) is 57.7 Å². The molecule has 0 aliphatic heterocycles. The summed E-state index contributed by atoms with van der Waals surface area (Å²) in [5.41, 5.74) is 0. The molecular weight excluding hydrogens is 436 g/mol. The van der Waals surface area contributed by atoms with Crippen LogP contribution in [0.15, 0.2) is 0 Å². The number of phosphoric acid groups is 3. The van der Waals surface area contributed by atoms with Gasteiger partial charge in [0.15, 0.2) is 0 Å². The third-order valence-corrected chi connectivity index (χ3v) is 0. The number of rotatable bonds is 0. The van der Waals surface area contributed by atoms with Gasteiger partial charge in [-0.15, -0.1) is 0 Å². The van der Waals surface area contributed by atoms with Gasteiger partial charge in [0.05, 0.1) is 0 Å². The Morgan fingerprint density at radius 3 is 0.579 bits per heavy atom. The fourth-order valence-electron chi connectivity index (χ4n) is 0. The minimum absolute atomic E-state index is 0. The maximum Gasteiger partial charge on any atom is 2.00 e. The summed E-state index contributed by atoms with van der Waals surface area (Å²) in [6, 6.07) is 0. The zero-order chi connectivity index (χ0) is 13.5. The molecular formula is H6Ca3O12P4. The zero-order valence-corrected chi connectivity index (χ0v) is 19.9. The van der Waals surface area contributed by atoms with Crippen LogP contribution in [-0.4, -0.2) is 128 Å². The molecule has 12 nitrogen and oxygen atoms in total. The molecule has 19 heavy (non-hydrogen) atoms. The van der Waals surface area contributed by atoms with Crippen molar-refractivity contribution in [1.29, 1.82) is 0 Å². The normalized spacial score (nSPS) is 9.32. The van der Waals surface area contributed by atoms with Gasteiger partial charge in [-0.25, -0.2) is 4.57 Å². The molecule has 1 unspecified atom stereocenters. The van der Waals surface area contributed by atoms with E-state index in [9.17, 15) is 0 Å². The van der Waals surface area contributed by atoms with E-state index in [0.717, 1.165) is 0 Å². The van der Waals surface area contributed by atoms with Gasteiger partial charge in [0.25, 0.3) is 0 Å². The molecule has 0 saturated heterocycles. The van der Waals surface area contributed by atoms with Crippen LogP contribution in [0.2, 0.25) is 0 Å². The van der Waals surface area contributed by atoms with Crippen LogP contribution in [0, 0.1) is 0 Å².